The van der Waals surface area contributed by atoms with Crippen molar-refractivity contribution in [2.75, 3.05) is 39.9 Å². The lowest BCUT2D eigenvalue weighted by molar-refractivity contribution is -0.132. The number of rotatable bonds is 5. The van der Waals surface area contributed by atoms with Gasteiger partial charge in [-0.25, -0.2) is 0 Å². The first-order chi connectivity index (χ1) is 8.96. The zero-order valence-electron chi connectivity index (χ0n) is 11.9. The summed E-state index contributed by atoms with van der Waals surface area (Å²) in [5, 5.41) is 2.76. The third-order valence-electron chi connectivity index (χ3n) is 3.05. The van der Waals surface area contributed by atoms with Gasteiger partial charge < -0.3 is 15.0 Å². The van der Waals surface area contributed by atoms with E-state index < -0.39 is 12.6 Å². The van der Waals surface area contributed by atoms with E-state index in [4.69, 9.17) is 4.74 Å². The Morgan fingerprint density at radius 1 is 1.45 bits per heavy atom. The lowest BCUT2D eigenvalue weighted by Gasteiger charge is -2.22. The van der Waals surface area contributed by atoms with Crippen LogP contribution in [0.2, 0.25) is 0 Å². The molecule has 120 valence electrons. The van der Waals surface area contributed by atoms with Gasteiger partial charge in [-0.1, -0.05) is 0 Å². The third-order valence-corrected chi connectivity index (χ3v) is 3.05. The van der Waals surface area contributed by atoms with Crippen molar-refractivity contribution in [1.29, 1.82) is 0 Å². The van der Waals surface area contributed by atoms with E-state index in [1.54, 1.807) is 7.05 Å². The summed E-state index contributed by atoms with van der Waals surface area (Å²) in [6, 6.07) is 0. The summed E-state index contributed by atoms with van der Waals surface area (Å²) in [6.45, 7) is 4.80. The van der Waals surface area contributed by atoms with E-state index in [0.717, 1.165) is 19.5 Å². The molecule has 20 heavy (non-hydrogen) atoms. The van der Waals surface area contributed by atoms with Crippen LogP contribution in [-0.2, 0) is 4.74 Å². The van der Waals surface area contributed by atoms with Crippen LogP contribution in [0.3, 0.4) is 0 Å². The number of alkyl halides is 3. The van der Waals surface area contributed by atoms with Crippen molar-refractivity contribution in [2.24, 2.45) is 10.9 Å². The SMILES string of the molecule is CCOCC1CCN(C(=NC)NCCC(F)(F)F)C1.I. The molecule has 0 aliphatic carbocycles. The van der Waals surface area contributed by atoms with Crippen molar-refractivity contribution < 1.29 is 17.9 Å². The molecule has 4 nitrogen and oxygen atoms in total. The smallest absolute Gasteiger partial charge is 0.381 e. The highest BCUT2D eigenvalue weighted by Gasteiger charge is 2.28. The molecule has 0 radical (unpaired) electrons. The van der Waals surface area contributed by atoms with Crippen LogP contribution in [0.15, 0.2) is 4.99 Å². The Labute approximate surface area is 135 Å². The van der Waals surface area contributed by atoms with E-state index in [2.05, 4.69) is 10.3 Å². The third kappa shape index (κ3) is 7.51. The number of likely N-dealkylation sites (tertiary alicyclic amines) is 1. The monoisotopic (exact) mass is 409 g/mol. The average Bonchev–Trinajstić information content (AvgIpc) is 2.79. The van der Waals surface area contributed by atoms with Crippen LogP contribution in [0.4, 0.5) is 13.2 Å². The fourth-order valence-electron chi connectivity index (χ4n) is 2.09. The summed E-state index contributed by atoms with van der Waals surface area (Å²) in [4.78, 5) is 6.01. The predicted molar refractivity (Wildman–Crippen MR) is 83.6 cm³/mol. The van der Waals surface area contributed by atoms with Crippen LogP contribution < -0.4 is 5.32 Å². The van der Waals surface area contributed by atoms with Gasteiger partial charge in [0.25, 0.3) is 0 Å². The minimum absolute atomic E-state index is 0. The van der Waals surface area contributed by atoms with Crippen molar-refractivity contribution in [3.63, 3.8) is 0 Å². The van der Waals surface area contributed by atoms with Gasteiger partial charge in [0.15, 0.2) is 5.96 Å². The second-order valence-corrected chi connectivity index (χ2v) is 4.60. The molecule has 1 N–H and O–H groups in total. The Kier molecular flexibility index (Phi) is 9.52. The van der Waals surface area contributed by atoms with Gasteiger partial charge in [0, 0.05) is 39.2 Å². The number of hydrogen-bond acceptors (Lipinski definition) is 2. The second kappa shape index (κ2) is 9.64. The Bertz CT molecular complexity index is 300. The first-order valence-corrected chi connectivity index (χ1v) is 6.56. The quantitative estimate of drug-likeness (QED) is 0.431. The number of ether oxygens (including phenoxy) is 1. The normalized spacial score (nSPS) is 19.9. The summed E-state index contributed by atoms with van der Waals surface area (Å²) >= 11 is 0. The minimum atomic E-state index is -4.13. The van der Waals surface area contributed by atoms with E-state index in [1.165, 1.54) is 0 Å². The zero-order valence-corrected chi connectivity index (χ0v) is 14.2. The van der Waals surface area contributed by atoms with Gasteiger partial charge >= 0.3 is 6.18 Å². The maximum Gasteiger partial charge on any atom is 0.390 e. The molecule has 1 fully saturated rings. The Morgan fingerprint density at radius 2 is 2.15 bits per heavy atom. The van der Waals surface area contributed by atoms with Crippen molar-refractivity contribution in [3.05, 3.63) is 0 Å². The molecular weight excluding hydrogens is 386 g/mol. The molecule has 1 aliphatic heterocycles. The molecule has 8 heteroatoms. The zero-order chi connectivity index (χ0) is 14.3. The van der Waals surface area contributed by atoms with Gasteiger partial charge in [0.05, 0.1) is 13.0 Å². The summed E-state index contributed by atoms with van der Waals surface area (Å²) in [7, 11) is 1.59. The number of nitrogens with zero attached hydrogens (tertiary/aromatic N) is 2. The van der Waals surface area contributed by atoms with E-state index in [9.17, 15) is 13.2 Å². The first-order valence-electron chi connectivity index (χ1n) is 6.56. The Hall–Kier alpha value is -0.250. The van der Waals surface area contributed by atoms with Crippen molar-refractivity contribution in [2.45, 2.75) is 25.9 Å². The molecule has 1 unspecified atom stereocenters. The van der Waals surface area contributed by atoms with Gasteiger partial charge in [-0.2, -0.15) is 13.2 Å². The molecule has 1 atom stereocenters. The number of aliphatic imine (C=N–C) groups is 1. The summed E-state index contributed by atoms with van der Waals surface area (Å²) < 4.78 is 41.6. The fourth-order valence-corrected chi connectivity index (χ4v) is 2.09. The van der Waals surface area contributed by atoms with Gasteiger partial charge in [0.1, 0.15) is 0 Å². The van der Waals surface area contributed by atoms with Crippen LogP contribution in [-0.4, -0.2) is 56.9 Å². The first kappa shape index (κ1) is 19.8. The molecule has 1 saturated heterocycles. The van der Waals surface area contributed by atoms with E-state index in [-0.39, 0.29) is 30.5 Å². The molecule has 1 heterocycles. The molecule has 0 spiro atoms. The number of nitrogens with one attached hydrogen (secondary N) is 1. The van der Waals surface area contributed by atoms with Crippen molar-refractivity contribution >= 4 is 29.9 Å². The number of hydrogen-bond donors (Lipinski definition) is 1. The second-order valence-electron chi connectivity index (χ2n) is 4.60. The average molecular weight is 409 g/mol. The molecule has 1 aliphatic rings. The van der Waals surface area contributed by atoms with Gasteiger partial charge in [0.2, 0.25) is 0 Å². The highest BCUT2D eigenvalue weighted by atomic mass is 127. The topological polar surface area (TPSA) is 36.9 Å². The maximum absolute atomic E-state index is 12.1. The van der Waals surface area contributed by atoms with Crippen molar-refractivity contribution in [3.8, 4) is 0 Å². The molecule has 0 aromatic carbocycles. The molecule has 0 bridgehead atoms. The molecular formula is C12H23F3IN3O. The van der Waals surface area contributed by atoms with E-state index in [1.807, 2.05) is 11.8 Å². The summed E-state index contributed by atoms with van der Waals surface area (Å²) in [5.41, 5.74) is 0. The Balaban J connectivity index is 0.00000361. The van der Waals surface area contributed by atoms with Gasteiger partial charge in [-0.05, 0) is 13.3 Å². The largest absolute Gasteiger partial charge is 0.390 e. The van der Waals surface area contributed by atoms with E-state index in [0.29, 0.717) is 25.1 Å². The molecule has 0 aromatic heterocycles. The van der Waals surface area contributed by atoms with Crippen LogP contribution in [0.5, 0.6) is 0 Å². The maximum atomic E-state index is 12.1. The van der Waals surface area contributed by atoms with Crippen LogP contribution in [0.1, 0.15) is 19.8 Å². The minimum Gasteiger partial charge on any atom is -0.381 e. The van der Waals surface area contributed by atoms with E-state index >= 15 is 0 Å². The lowest BCUT2D eigenvalue weighted by Crippen LogP contribution is -2.41. The highest BCUT2D eigenvalue weighted by Crippen LogP contribution is 2.19. The molecule has 0 saturated carbocycles. The highest BCUT2D eigenvalue weighted by molar-refractivity contribution is 14.0. The summed E-state index contributed by atoms with van der Waals surface area (Å²) in [6.07, 6.45) is -3.99. The summed E-state index contributed by atoms with van der Waals surface area (Å²) in [5.74, 6) is 0.976. The van der Waals surface area contributed by atoms with Gasteiger partial charge in [-0.15, -0.1) is 24.0 Å². The number of guanidine groups is 1. The fraction of sp³-hybridized carbons (Fsp3) is 0.917. The molecule has 1 rings (SSSR count). The van der Waals surface area contributed by atoms with Crippen LogP contribution in [0.25, 0.3) is 0 Å². The van der Waals surface area contributed by atoms with Crippen molar-refractivity contribution in [1.82, 2.24) is 10.2 Å². The van der Waals surface area contributed by atoms with Crippen LogP contribution >= 0.6 is 24.0 Å². The van der Waals surface area contributed by atoms with Gasteiger partial charge in [-0.3, -0.25) is 4.99 Å². The lowest BCUT2D eigenvalue weighted by atomic mass is 10.1. The van der Waals surface area contributed by atoms with Crippen LogP contribution in [0, 0.1) is 5.92 Å². The number of halogens is 4. The molecule has 0 aromatic rings. The predicted octanol–water partition coefficient (Wildman–Crippen LogP) is 2.49. The standard InChI is InChI=1S/C12H22F3N3O.HI/c1-3-19-9-10-4-7-18(8-10)11(16-2)17-6-5-12(13,14)15;/h10H,3-9H2,1-2H3,(H,16,17);1H. The Morgan fingerprint density at radius 3 is 2.70 bits per heavy atom. The molecule has 0 amide bonds.